The highest BCUT2D eigenvalue weighted by atomic mass is 16.1. The zero-order chi connectivity index (χ0) is 13.3. The number of ketones is 1. The maximum atomic E-state index is 12.0. The Balaban J connectivity index is 2.15. The van der Waals surface area contributed by atoms with E-state index in [0.29, 0.717) is 22.5 Å². The van der Waals surface area contributed by atoms with Crippen molar-refractivity contribution in [3.63, 3.8) is 0 Å². The molecule has 0 N–H and O–H groups in total. The minimum Gasteiger partial charge on any atom is -0.295 e. The van der Waals surface area contributed by atoms with Crippen LogP contribution in [0.25, 0.3) is 0 Å². The van der Waals surface area contributed by atoms with Crippen LogP contribution in [0, 0.1) is 28.6 Å². The minimum atomic E-state index is 0.326. The van der Waals surface area contributed by atoms with Crippen LogP contribution in [-0.4, -0.2) is 5.78 Å². The molecule has 3 aliphatic rings. The molecule has 4 atom stereocenters. The molecule has 1 nitrogen and oxygen atoms in total. The quantitative estimate of drug-likeness (QED) is 0.671. The van der Waals surface area contributed by atoms with Crippen molar-refractivity contribution in [1.29, 1.82) is 0 Å². The van der Waals surface area contributed by atoms with E-state index in [1.807, 2.05) is 0 Å². The molecule has 0 aromatic rings. The van der Waals surface area contributed by atoms with Crippen molar-refractivity contribution in [3.8, 4) is 0 Å². The average molecular weight is 246 g/mol. The molecule has 0 heterocycles. The lowest BCUT2D eigenvalue weighted by atomic mass is 9.65. The summed E-state index contributed by atoms with van der Waals surface area (Å²) in [7, 11) is 0. The summed E-state index contributed by atoms with van der Waals surface area (Å²) in [4.78, 5) is 12.0. The van der Waals surface area contributed by atoms with E-state index in [0.717, 1.165) is 18.3 Å². The molecule has 3 aliphatic carbocycles. The molecular formula is C17H26O. The van der Waals surface area contributed by atoms with Gasteiger partial charge in [0.25, 0.3) is 0 Å². The lowest BCUT2D eigenvalue weighted by molar-refractivity contribution is -0.114. The van der Waals surface area contributed by atoms with Crippen molar-refractivity contribution < 1.29 is 4.79 Å². The van der Waals surface area contributed by atoms with Gasteiger partial charge in [-0.3, -0.25) is 4.79 Å². The second-order valence-electron chi connectivity index (χ2n) is 7.74. The summed E-state index contributed by atoms with van der Waals surface area (Å²) in [6.45, 7) is 11.3. The third kappa shape index (κ3) is 1.26. The van der Waals surface area contributed by atoms with Gasteiger partial charge in [-0.15, -0.1) is 0 Å². The number of carbonyl (C=O) groups excluding carboxylic acids is 1. The molecule has 3 rings (SSSR count). The first-order valence-corrected chi connectivity index (χ1v) is 7.51. The molecule has 1 heteroatoms. The molecule has 2 bridgehead atoms. The van der Waals surface area contributed by atoms with Crippen LogP contribution in [0.1, 0.15) is 60.3 Å². The van der Waals surface area contributed by atoms with Crippen molar-refractivity contribution in [2.24, 2.45) is 28.6 Å². The number of carbonyl (C=O) groups is 1. The Kier molecular flexibility index (Phi) is 2.41. The van der Waals surface area contributed by atoms with Crippen molar-refractivity contribution in [1.82, 2.24) is 0 Å². The standard InChI is InChI=1S/C17H26O/c1-10-6-7-15-16(4,5)14-9-17(10,15)8-13(11(14)2)12(3)18/h10,14-15H,6-9H2,1-5H3/t10-,14-,15-,17-/m0/s1. The first-order valence-electron chi connectivity index (χ1n) is 7.51. The minimum absolute atomic E-state index is 0.326. The predicted octanol–water partition coefficient (Wildman–Crippen LogP) is 4.37. The number of allylic oxidation sites excluding steroid dienone is 2. The third-order valence-corrected chi connectivity index (χ3v) is 6.87. The Labute approximate surface area is 111 Å². The molecule has 0 radical (unpaired) electrons. The van der Waals surface area contributed by atoms with Gasteiger partial charge in [0, 0.05) is 0 Å². The van der Waals surface area contributed by atoms with Gasteiger partial charge in [-0.1, -0.05) is 26.3 Å². The molecule has 100 valence electrons. The fourth-order valence-electron chi connectivity index (χ4n) is 5.84. The topological polar surface area (TPSA) is 17.1 Å². The van der Waals surface area contributed by atoms with Crippen LogP contribution in [0.5, 0.6) is 0 Å². The van der Waals surface area contributed by atoms with Crippen LogP contribution in [0.2, 0.25) is 0 Å². The number of Topliss-reactive ketones (excluding diaryl/α,β-unsaturated/α-hetero) is 1. The smallest absolute Gasteiger partial charge is 0.155 e. The van der Waals surface area contributed by atoms with E-state index in [9.17, 15) is 4.79 Å². The van der Waals surface area contributed by atoms with Gasteiger partial charge < -0.3 is 0 Å². The van der Waals surface area contributed by atoms with Crippen LogP contribution < -0.4 is 0 Å². The molecule has 1 spiro atoms. The van der Waals surface area contributed by atoms with Gasteiger partial charge in [0.05, 0.1) is 0 Å². The largest absolute Gasteiger partial charge is 0.295 e. The van der Waals surface area contributed by atoms with E-state index < -0.39 is 0 Å². The molecule has 0 aliphatic heterocycles. The number of rotatable bonds is 1. The van der Waals surface area contributed by atoms with Gasteiger partial charge in [0.1, 0.15) is 0 Å². The summed E-state index contributed by atoms with van der Waals surface area (Å²) in [5.41, 5.74) is 3.44. The highest BCUT2D eigenvalue weighted by Crippen LogP contribution is 2.72. The van der Waals surface area contributed by atoms with Gasteiger partial charge in [-0.25, -0.2) is 0 Å². The summed E-state index contributed by atoms with van der Waals surface area (Å²) >= 11 is 0. The molecule has 0 aromatic carbocycles. The lowest BCUT2D eigenvalue weighted by Crippen LogP contribution is -2.32. The van der Waals surface area contributed by atoms with E-state index in [4.69, 9.17) is 0 Å². The summed E-state index contributed by atoms with van der Waals surface area (Å²) in [5, 5.41) is 0. The van der Waals surface area contributed by atoms with Gasteiger partial charge >= 0.3 is 0 Å². The van der Waals surface area contributed by atoms with E-state index in [1.54, 1.807) is 6.92 Å². The molecule has 18 heavy (non-hydrogen) atoms. The zero-order valence-electron chi connectivity index (χ0n) is 12.5. The van der Waals surface area contributed by atoms with Crippen LogP contribution >= 0.6 is 0 Å². The monoisotopic (exact) mass is 246 g/mol. The fraction of sp³-hybridized carbons (Fsp3) is 0.824. The average Bonchev–Trinajstić information content (AvgIpc) is 2.68. The molecule has 0 saturated heterocycles. The van der Waals surface area contributed by atoms with Crippen molar-refractivity contribution >= 4 is 5.78 Å². The Morgan fingerprint density at radius 1 is 1.28 bits per heavy atom. The molecule has 0 aromatic heterocycles. The number of hydrogen-bond donors (Lipinski definition) is 0. The van der Waals surface area contributed by atoms with E-state index in [1.165, 1.54) is 30.4 Å². The Morgan fingerprint density at radius 2 is 1.94 bits per heavy atom. The van der Waals surface area contributed by atoms with Gasteiger partial charge in [-0.05, 0) is 73.7 Å². The first kappa shape index (κ1) is 12.4. The molecule has 0 amide bonds. The second kappa shape index (κ2) is 3.49. The SMILES string of the molecule is CC(=O)C1=C(C)[C@@H]2C[C@@]3(C1)[C@@H](C)CC[C@H]3C2(C)C. The first-order chi connectivity index (χ1) is 8.30. The molecule has 0 unspecified atom stereocenters. The van der Waals surface area contributed by atoms with Crippen LogP contribution in [0.15, 0.2) is 11.1 Å². The number of fused-ring (bicyclic) bond motifs is 1. The van der Waals surface area contributed by atoms with Gasteiger partial charge in [0.2, 0.25) is 0 Å². The van der Waals surface area contributed by atoms with Crippen LogP contribution in [0.4, 0.5) is 0 Å². The Hall–Kier alpha value is -0.590. The van der Waals surface area contributed by atoms with Crippen molar-refractivity contribution in [2.45, 2.75) is 60.3 Å². The second-order valence-corrected chi connectivity index (χ2v) is 7.74. The summed E-state index contributed by atoms with van der Waals surface area (Å²) in [5.74, 6) is 2.61. The molecule has 2 fully saturated rings. The summed E-state index contributed by atoms with van der Waals surface area (Å²) < 4.78 is 0. The van der Waals surface area contributed by atoms with Crippen LogP contribution in [0.3, 0.4) is 0 Å². The summed E-state index contributed by atoms with van der Waals surface area (Å²) in [6.07, 6.45) is 5.16. The maximum Gasteiger partial charge on any atom is 0.155 e. The molecular weight excluding hydrogens is 220 g/mol. The van der Waals surface area contributed by atoms with E-state index in [-0.39, 0.29) is 0 Å². The number of hydrogen-bond acceptors (Lipinski definition) is 1. The third-order valence-electron chi connectivity index (χ3n) is 6.87. The summed E-state index contributed by atoms with van der Waals surface area (Å²) in [6, 6.07) is 0. The predicted molar refractivity (Wildman–Crippen MR) is 74.2 cm³/mol. The van der Waals surface area contributed by atoms with Gasteiger partial charge in [0.15, 0.2) is 5.78 Å². The molecule has 2 saturated carbocycles. The highest BCUT2D eigenvalue weighted by molar-refractivity contribution is 5.94. The van der Waals surface area contributed by atoms with Gasteiger partial charge in [-0.2, -0.15) is 0 Å². The Bertz CT molecular complexity index is 443. The normalized spacial score (nSPS) is 45.3. The maximum absolute atomic E-state index is 12.0. The van der Waals surface area contributed by atoms with E-state index >= 15 is 0 Å². The van der Waals surface area contributed by atoms with E-state index in [2.05, 4.69) is 27.7 Å². The zero-order valence-corrected chi connectivity index (χ0v) is 12.5. The Morgan fingerprint density at radius 3 is 2.56 bits per heavy atom. The van der Waals surface area contributed by atoms with Crippen LogP contribution in [-0.2, 0) is 4.79 Å². The highest BCUT2D eigenvalue weighted by Gasteiger charge is 2.64. The van der Waals surface area contributed by atoms with Crippen molar-refractivity contribution in [2.75, 3.05) is 0 Å². The van der Waals surface area contributed by atoms with Crippen molar-refractivity contribution in [3.05, 3.63) is 11.1 Å². The lowest BCUT2D eigenvalue weighted by Gasteiger charge is -2.38. The fourth-order valence-corrected chi connectivity index (χ4v) is 5.84.